The first-order valence-corrected chi connectivity index (χ1v) is 8.54. The van der Waals surface area contributed by atoms with Crippen LogP contribution in [0.2, 0.25) is 0 Å². The highest BCUT2D eigenvalue weighted by Crippen LogP contribution is 2.34. The van der Waals surface area contributed by atoms with E-state index in [1.807, 2.05) is 17.7 Å². The van der Waals surface area contributed by atoms with E-state index in [0.29, 0.717) is 24.5 Å². The number of aryl methyl sites for hydroxylation is 1. The SMILES string of the molecule is CCn1ccnc1[C@@H]1OCCC[C@H]1C(=O)Nc1ccc(F)c(C(N)=O)c1. The van der Waals surface area contributed by atoms with Crippen LogP contribution in [0.3, 0.4) is 0 Å². The summed E-state index contributed by atoms with van der Waals surface area (Å²) in [5, 5.41) is 2.73. The highest BCUT2D eigenvalue weighted by Gasteiger charge is 2.35. The molecule has 2 amide bonds. The Kier molecular flexibility index (Phi) is 5.32. The number of imidazole rings is 1. The number of anilines is 1. The summed E-state index contributed by atoms with van der Waals surface area (Å²) in [5.74, 6) is -1.59. The Morgan fingerprint density at radius 1 is 1.46 bits per heavy atom. The van der Waals surface area contributed by atoms with Crippen molar-refractivity contribution in [1.82, 2.24) is 9.55 Å². The molecule has 1 aliphatic rings. The predicted molar refractivity (Wildman–Crippen MR) is 92.9 cm³/mol. The number of nitrogens with one attached hydrogen (secondary N) is 1. The van der Waals surface area contributed by atoms with E-state index < -0.39 is 23.7 Å². The summed E-state index contributed by atoms with van der Waals surface area (Å²) in [4.78, 5) is 28.4. The van der Waals surface area contributed by atoms with Gasteiger partial charge in [-0.1, -0.05) is 0 Å². The molecule has 26 heavy (non-hydrogen) atoms. The summed E-state index contributed by atoms with van der Waals surface area (Å²) in [5.41, 5.74) is 5.20. The van der Waals surface area contributed by atoms with Gasteiger partial charge in [-0.15, -0.1) is 0 Å². The number of hydrogen-bond acceptors (Lipinski definition) is 4. The number of benzene rings is 1. The van der Waals surface area contributed by atoms with Gasteiger partial charge in [0.1, 0.15) is 17.7 Å². The van der Waals surface area contributed by atoms with Crippen LogP contribution in [0.1, 0.15) is 42.1 Å². The second-order valence-corrected chi connectivity index (χ2v) is 6.16. The summed E-state index contributed by atoms with van der Waals surface area (Å²) in [6.45, 7) is 3.28. The molecule has 1 saturated heterocycles. The van der Waals surface area contributed by atoms with Crippen molar-refractivity contribution < 1.29 is 18.7 Å². The van der Waals surface area contributed by atoms with Crippen LogP contribution in [0.25, 0.3) is 0 Å². The van der Waals surface area contributed by atoms with Crippen molar-refractivity contribution in [1.29, 1.82) is 0 Å². The minimum absolute atomic E-state index is 0.262. The Labute approximate surface area is 150 Å². The molecule has 1 aromatic carbocycles. The average Bonchev–Trinajstić information content (AvgIpc) is 3.11. The first kappa shape index (κ1) is 18.1. The van der Waals surface area contributed by atoms with E-state index in [4.69, 9.17) is 10.5 Å². The van der Waals surface area contributed by atoms with Crippen LogP contribution in [0.15, 0.2) is 30.6 Å². The van der Waals surface area contributed by atoms with Crippen LogP contribution in [0.4, 0.5) is 10.1 Å². The highest BCUT2D eigenvalue weighted by molar-refractivity contribution is 5.97. The second-order valence-electron chi connectivity index (χ2n) is 6.16. The smallest absolute Gasteiger partial charge is 0.251 e. The van der Waals surface area contributed by atoms with Crippen molar-refractivity contribution >= 4 is 17.5 Å². The zero-order valence-corrected chi connectivity index (χ0v) is 14.4. The van der Waals surface area contributed by atoms with Crippen molar-refractivity contribution in [2.45, 2.75) is 32.4 Å². The Morgan fingerprint density at radius 3 is 3.00 bits per heavy atom. The number of aromatic nitrogens is 2. The summed E-state index contributed by atoms with van der Waals surface area (Å²) >= 11 is 0. The van der Waals surface area contributed by atoms with E-state index in [-0.39, 0.29) is 11.5 Å². The monoisotopic (exact) mass is 360 g/mol. The van der Waals surface area contributed by atoms with Gasteiger partial charge in [0.25, 0.3) is 5.91 Å². The Bertz CT molecular complexity index is 821. The van der Waals surface area contributed by atoms with Gasteiger partial charge in [0.15, 0.2) is 0 Å². The topological polar surface area (TPSA) is 99.2 Å². The predicted octanol–water partition coefficient (Wildman–Crippen LogP) is 2.25. The van der Waals surface area contributed by atoms with E-state index >= 15 is 0 Å². The van der Waals surface area contributed by atoms with Crippen LogP contribution < -0.4 is 11.1 Å². The zero-order valence-electron chi connectivity index (χ0n) is 14.4. The molecule has 1 fully saturated rings. The summed E-state index contributed by atoms with van der Waals surface area (Å²) in [6, 6.07) is 3.74. The molecule has 0 spiro atoms. The number of nitrogens with two attached hydrogens (primary N) is 1. The van der Waals surface area contributed by atoms with E-state index in [1.165, 1.54) is 12.1 Å². The number of carbonyl (C=O) groups is 2. The molecule has 0 unspecified atom stereocenters. The second kappa shape index (κ2) is 7.65. The first-order chi connectivity index (χ1) is 12.5. The summed E-state index contributed by atoms with van der Waals surface area (Å²) < 4.78 is 21.4. The zero-order chi connectivity index (χ0) is 18.7. The minimum atomic E-state index is -0.887. The molecule has 3 rings (SSSR count). The number of amides is 2. The van der Waals surface area contributed by atoms with Gasteiger partial charge in [-0.05, 0) is 38.0 Å². The standard InChI is InChI=1S/C18H21FN4O3/c1-2-23-8-7-21-17(23)15-12(4-3-9-26-15)18(25)22-11-5-6-14(19)13(10-11)16(20)24/h5-8,10,12,15H,2-4,9H2,1H3,(H2,20,24)(H,22,25)/t12-,15-/m1/s1. The number of halogens is 1. The van der Waals surface area contributed by atoms with Gasteiger partial charge < -0.3 is 20.4 Å². The molecule has 0 saturated carbocycles. The molecule has 7 nitrogen and oxygen atoms in total. The molecule has 8 heteroatoms. The van der Waals surface area contributed by atoms with Crippen LogP contribution in [-0.4, -0.2) is 28.0 Å². The van der Waals surface area contributed by atoms with Crippen molar-refractivity contribution in [2.24, 2.45) is 11.7 Å². The van der Waals surface area contributed by atoms with Gasteiger partial charge in [-0.25, -0.2) is 9.37 Å². The van der Waals surface area contributed by atoms with Gasteiger partial charge in [0.2, 0.25) is 5.91 Å². The maximum Gasteiger partial charge on any atom is 0.251 e. The Hall–Kier alpha value is -2.74. The summed E-state index contributed by atoms with van der Waals surface area (Å²) in [7, 11) is 0. The first-order valence-electron chi connectivity index (χ1n) is 8.54. The number of ether oxygens (including phenoxy) is 1. The van der Waals surface area contributed by atoms with E-state index in [2.05, 4.69) is 10.3 Å². The maximum atomic E-state index is 13.6. The van der Waals surface area contributed by atoms with E-state index in [1.54, 1.807) is 6.20 Å². The van der Waals surface area contributed by atoms with Crippen LogP contribution in [0, 0.1) is 11.7 Å². The highest BCUT2D eigenvalue weighted by atomic mass is 19.1. The van der Waals surface area contributed by atoms with E-state index in [0.717, 1.165) is 19.0 Å². The number of nitrogens with zero attached hydrogens (tertiary/aromatic N) is 2. The number of primary amides is 1. The lowest BCUT2D eigenvalue weighted by Crippen LogP contribution is -2.34. The molecule has 2 aromatic rings. The third kappa shape index (κ3) is 3.60. The molecular weight excluding hydrogens is 339 g/mol. The minimum Gasteiger partial charge on any atom is -0.369 e. The fraction of sp³-hybridized carbons (Fsp3) is 0.389. The lowest BCUT2D eigenvalue weighted by molar-refractivity contribution is -0.130. The lowest BCUT2D eigenvalue weighted by Gasteiger charge is -2.30. The molecule has 2 atom stereocenters. The van der Waals surface area contributed by atoms with Gasteiger partial charge in [0, 0.05) is 31.2 Å². The van der Waals surface area contributed by atoms with Gasteiger partial charge in [0.05, 0.1) is 11.5 Å². The van der Waals surface area contributed by atoms with Crippen molar-refractivity contribution in [3.8, 4) is 0 Å². The molecule has 3 N–H and O–H groups in total. The van der Waals surface area contributed by atoms with Gasteiger partial charge >= 0.3 is 0 Å². The number of carbonyl (C=O) groups excluding carboxylic acids is 2. The lowest BCUT2D eigenvalue weighted by atomic mass is 9.92. The molecule has 2 heterocycles. The summed E-state index contributed by atoms with van der Waals surface area (Å²) in [6.07, 6.45) is 4.50. The number of hydrogen-bond donors (Lipinski definition) is 2. The molecule has 0 aliphatic carbocycles. The Balaban J connectivity index is 1.81. The van der Waals surface area contributed by atoms with Crippen molar-refractivity contribution in [3.05, 3.63) is 47.8 Å². The molecule has 0 radical (unpaired) electrons. The average molecular weight is 360 g/mol. The quantitative estimate of drug-likeness (QED) is 0.854. The molecule has 1 aliphatic heterocycles. The third-order valence-electron chi connectivity index (χ3n) is 4.50. The van der Waals surface area contributed by atoms with Crippen LogP contribution in [0.5, 0.6) is 0 Å². The molecule has 0 bridgehead atoms. The molecular formula is C18H21FN4O3. The molecule has 138 valence electrons. The largest absolute Gasteiger partial charge is 0.369 e. The Morgan fingerprint density at radius 2 is 2.27 bits per heavy atom. The van der Waals surface area contributed by atoms with Gasteiger partial charge in [-0.2, -0.15) is 0 Å². The van der Waals surface area contributed by atoms with Crippen molar-refractivity contribution in [3.63, 3.8) is 0 Å². The normalized spacial score (nSPS) is 19.9. The van der Waals surface area contributed by atoms with Crippen LogP contribution >= 0.6 is 0 Å². The van der Waals surface area contributed by atoms with Gasteiger partial charge in [-0.3, -0.25) is 9.59 Å². The van der Waals surface area contributed by atoms with E-state index in [9.17, 15) is 14.0 Å². The third-order valence-corrected chi connectivity index (χ3v) is 4.50. The number of rotatable bonds is 5. The fourth-order valence-electron chi connectivity index (χ4n) is 3.18. The maximum absolute atomic E-state index is 13.6. The van der Waals surface area contributed by atoms with Crippen LogP contribution in [-0.2, 0) is 16.1 Å². The van der Waals surface area contributed by atoms with Crippen molar-refractivity contribution in [2.75, 3.05) is 11.9 Å². The fourth-order valence-corrected chi connectivity index (χ4v) is 3.18. The molecule has 1 aromatic heterocycles.